The Labute approximate surface area is 155 Å². The maximum Gasteiger partial charge on any atom is 0.390 e. The van der Waals surface area contributed by atoms with Gasteiger partial charge in [0, 0.05) is 65.1 Å². The maximum absolute atomic E-state index is 12.3. The summed E-state index contributed by atoms with van der Waals surface area (Å²) >= 11 is 0. The highest BCUT2D eigenvalue weighted by atomic mass is 19.4. The quantitative estimate of drug-likeness (QED) is 0.550. The zero-order valence-corrected chi connectivity index (χ0v) is 15.2. The van der Waals surface area contributed by atoms with Crippen molar-refractivity contribution in [1.29, 1.82) is 0 Å². The lowest BCUT2D eigenvalue weighted by molar-refractivity contribution is -0.133. The van der Waals surface area contributed by atoms with E-state index in [4.69, 9.17) is 0 Å². The molecule has 1 fully saturated rings. The summed E-state index contributed by atoms with van der Waals surface area (Å²) < 4.78 is 36.4. The highest BCUT2D eigenvalue weighted by molar-refractivity contribution is 5.81. The van der Waals surface area contributed by atoms with Gasteiger partial charge in [0.15, 0.2) is 5.96 Å². The van der Waals surface area contributed by atoms with E-state index in [2.05, 4.69) is 25.6 Å². The molecule has 1 saturated heterocycles. The summed E-state index contributed by atoms with van der Waals surface area (Å²) in [7, 11) is 1.47. The van der Waals surface area contributed by atoms with E-state index in [-0.39, 0.29) is 24.8 Å². The monoisotopic (exact) mass is 387 g/mol. The Morgan fingerprint density at radius 1 is 1.15 bits per heavy atom. The van der Waals surface area contributed by atoms with E-state index in [0.717, 1.165) is 0 Å². The molecule has 8 nitrogen and oxygen atoms in total. The van der Waals surface area contributed by atoms with Crippen LogP contribution in [0.4, 0.5) is 19.1 Å². The summed E-state index contributed by atoms with van der Waals surface area (Å²) in [6.07, 6.45) is -1.55. The van der Waals surface area contributed by atoms with Crippen LogP contribution >= 0.6 is 0 Å². The van der Waals surface area contributed by atoms with Crippen molar-refractivity contribution in [3.8, 4) is 0 Å². The van der Waals surface area contributed by atoms with E-state index in [9.17, 15) is 18.0 Å². The molecule has 1 aromatic rings. The van der Waals surface area contributed by atoms with Gasteiger partial charge in [0.05, 0.1) is 6.42 Å². The SMILES string of the molecule is CN=C(NCCC(=O)N1CCN(c2ncccn2)CC1)NCCC(F)(F)F. The fourth-order valence-electron chi connectivity index (χ4n) is 2.60. The van der Waals surface area contributed by atoms with Crippen LogP contribution in [-0.2, 0) is 4.79 Å². The third kappa shape index (κ3) is 7.27. The van der Waals surface area contributed by atoms with Crippen LogP contribution in [0.15, 0.2) is 23.5 Å². The van der Waals surface area contributed by atoms with Crippen molar-refractivity contribution in [2.45, 2.75) is 19.0 Å². The molecule has 0 bridgehead atoms. The van der Waals surface area contributed by atoms with Gasteiger partial charge in [-0.05, 0) is 6.07 Å². The Morgan fingerprint density at radius 3 is 2.37 bits per heavy atom. The second-order valence-electron chi connectivity index (χ2n) is 5.96. The molecule has 1 aliphatic heterocycles. The van der Waals surface area contributed by atoms with Gasteiger partial charge in [0.25, 0.3) is 0 Å². The number of piperazine rings is 1. The average Bonchev–Trinajstić information content (AvgIpc) is 2.66. The van der Waals surface area contributed by atoms with Gasteiger partial charge in [0.2, 0.25) is 11.9 Å². The number of hydrogen-bond acceptors (Lipinski definition) is 5. The van der Waals surface area contributed by atoms with Gasteiger partial charge in [-0.15, -0.1) is 0 Å². The van der Waals surface area contributed by atoms with Crippen molar-refractivity contribution >= 4 is 17.8 Å². The van der Waals surface area contributed by atoms with Crippen LogP contribution in [0.2, 0.25) is 0 Å². The van der Waals surface area contributed by atoms with Crippen LogP contribution in [0, 0.1) is 0 Å². The largest absolute Gasteiger partial charge is 0.390 e. The number of rotatable bonds is 6. The highest BCUT2D eigenvalue weighted by Gasteiger charge is 2.26. The molecule has 0 atom stereocenters. The predicted octanol–water partition coefficient (Wildman–Crippen LogP) is 0.633. The standard InChI is InChI=1S/C16H24F3N7O/c1-20-14(22-8-4-16(17,18)19)21-7-3-13(27)25-9-11-26(12-10-25)15-23-5-2-6-24-15/h2,5-6H,3-4,7-12H2,1H3,(H2,20,21,22). The van der Waals surface area contributed by atoms with Gasteiger partial charge in [0.1, 0.15) is 0 Å². The smallest absolute Gasteiger partial charge is 0.356 e. The minimum atomic E-state index is -4.21. The second kappa shape index (κ2) is 9.93. The number of guanidine groups is 1. The normalized spacial score (nSPS) is 15.6. The Bertz CT molecular complexity index is 616. The van der Waals surface area contributed by atoms with Crippen molar-refractivity contribution in [1.82, 2.24) is 25.5 Å². The number of amides is 1. The molecule has 2 heterocycles. The van der Waals surface area contributed by atoms with Crippen molar-refractivity contribution in [2.75, 3.05) is 51.2 Å². The third-order valence-electron chi connectivity index (χ3n) is 4.02. The number of alkyl halides is 3. The summed E-state index contributed by atoms with van der Waals surface area (Å²) in [5, 5.41) is 5.43. The Hall–Kier alpha value is -2.59. The van der Waals surface area contributed by atoms with Crippen molar-refractivity contribution < 1.29 is 18.0 Å². The molecule has 0 spiro atoms. The van der Waals surface area contributed by atoms with Gasteiger partial charge < -0.3 is 20.4 Å². The van der Waals surface area contributed by atoms with E-state index >= 15 is 0 Å². The van der Waals surface area contributed by atoms with Crippen LogP contribution in [0.1, 0.15) is 12.8 Å². The van der Waals surface area contributed by atoms with Crippen LogP contribution in [0.5, 0.6) is 0 Å². The molecule has 2 rings (SSSR count). The number of nitrogens with zero attached hydrogens (tertiary/aromatic N) is 5. The lowest BCUT2D eigenvalue weighted by Crippen LogP contribution is -2.50. The van der Waals surface area contributed by atoms with E-state index in [0.29, 0.717) is 38.7 Å². The summed E-state index contributed by atoms with van der Waals surface area (Å²) in [5.74, 6) is 0.889. The van der Waals surface area contributed by atoms with Crippen molar-refractivity contribution in [3.05, 3.63) is 18.5 Å². The van der Waals surface area contributed by atoms with Crippen LogP contribution in [0.3, 0.4) is 0 Å². The van der Waals surface area contributed by atoms with Gasteiger partial charge in [-0.2, -0.15) is 13.2 Å². The first-order valence-electron chi connectivity index (χ1n) is 8.70. The van der Waals surface area contributed by atoms with Crippen LogP contribution in [-0.4, -0.2) is 79.2 Å². The van der Waals surface area contributed by atoms with E-state index < -0.39 is 12.6 Å². The lowest BCUT2D eigenvalue weighted by Gasteiger charge is -2.34. The number of anilines is 1. The molecule has 0 radical (unpaired) electrons. The third-order valence-corrected chi connectivity index (χ3v) is 4.02. The predicted molar refractivity (Wildman–Crippen MR) is 95.5 cm³/mol. The molecule has 0 aliphatic carbocycles. The fraction of sp³-hybridized carbons (Fsp3) is 0.625. The first-order chi connectivity index (χ1) is 12.9. The number of aliphatic imine (C=N–C) groups is 1. The van der Waals surface area contributed by atoms with E-state index in [1.807, 2.05) is 4.90 Å². The molecule has 1 amide bonds. The number of halogens is 3. The molecule has 11 heteroatoms. The summed E-state index contributed by atoms with van der Waals surface area (Å²) in [5.41, 5.74) is 0. The number of aromatic nitrogens is 2. The zero-order valence-electron chi connectivity index (χ0n) is 15.2. The first-order valence-corrected chi connectivity index (χ1v) is 8.70. The molecule has 0 unspecified atom stereocenters. The molecular weight excluding hydrogens is 363 g/mol. The number of nitrogens with one attached hydrogen (secondary N) is 2. The molecule has 150 valence electrons. The van der Waals surface area contributed by atoms with Crippen molar-refractivity contribution in [3.63, 3.8) is 0 Å². The molecule has 0 aromatic carbocycles. The Morgan fingerprint density at radius 2 is 1.78 bits per heavy atom. The number of carbonyl (C=O) groups excluding carboxylic acids is 1. The van der Waals surface area contributed by atoms with Crippen molar-refractivity contribution in [2.24, 2.45) is 4.99 Å². The Kier molecular flexibility index (Phi) is 7.62. The summed E-state index contributed by atoms with van der Waals surface area (Å²) in [4.78, 5) is 28.3. The molecular formula is C16H24F3N7O. The van der Waals surface area contributed by atoms with Gasteiger partial charge >= 0.3 is 6.18 Å². The molecule has 27 heavy (non-hydrogen) atoms. The minimum Gasteiger partial charge on any atom is -0.356 e. The molecule has 2 N–H and O–H groups in total. The maximum atomic E-state index is 12.3. The van der Waals surface area contributed by atoms with Gasteiger partial charge in [-0.1, -0.05) is 0 Å². The summed E-state index contributed by atoms with van der Waals surface area (Å²) in [6, 6.07) is 1.75. The van der Waals surface area contributed by atoms with E-state index in [1.54, 1.807) is 23.4 Å². The van der Waals surface area contributed by atoms with Crippen LogP contribution < -0.4 is 15.5 Å². The first kappa shape index (κ1) is 20.7. The highest BCUT2D eigenvalue weighted by Crippen LogP contribution is 2.18. The molecule has 1 aliphatic rings. The molecule has 1 aromatic heterocycles. The Balaban J connectivity index is 1.66. The minimum absolute atomic E-state index is 0.0122. The summed E-state index contributed by atoms with van der Waals surface area (Å²) in [6.45, 7) is 2.51. The fourth-order valence-corrected chi connectivity index (χ4v) is 2.60. The second-order valence-corrected chi connectivity index (χ2v) is 5.96. The molecule has 0 saturated carbocycles. The number of hydrogen-bond donors (Lipinski definition) is 2. The average molecular weight is 387 g/mol. The van der Waals surface area contributed by atoms with Gasteiger partial charge in [-0.3, -0.25) is 9.79 Å². The number of carbonyl (C=O) groups is 1. The van der Waals surface area contributed by atoms with Crippen LogP contribution in [0.25, 0.3) is 0 Å². The zero-order chi connectivity index (χ0) is 19.7. The topological polar surface area (TPSA) is 85.8 Å². The van der Waals surface area contributed by atoms with E-state index in [1.165, 1.54) is 7.05 Å². The van der Waals surface area contributed by atoms with Gasteiger partial charge in [-0.25, -0.2) is 9.97 Å². The lowest BCUT2D eigenvalue weighted by atomic mass is 10.3.